The summed E-state index contributed by atoms with van der Waals surface area (Å²) in [5, 5.41) is 11.8. The van der Waals surface area contributed by atoms with Crippen LogP contribution in [0.15, 0.2) is 0 Å². The van der Waals surface area contributed by atoms with Gasteiger partial charge in [0, 0.05) is 19.5 Å². The van der Waals surface area contributed by atoms with Gasteiger partial charge in [-0.15, -0.1) is 0 Å². The molecule has 2 aliphatic heterocycles. The van der Waals surface area contributed by atoms with Gasteiger partial charge in [0.25, 0.3) is 0 Å². The van der Waals surface area contributed by atoms with E-state index < -0.39 is 12.0 Å². The lowest BCUT2D eigenvalue weighted by Gasteiger charge is -2.35. The summed E-state index contributed by atoms with van der Waals surface area (Å²) < 4.78 is 0. The zero-order valence-corrected chi connectivity index (χ0v) is 7.19. The van der Waals surface area contributed by atoms with E-state index in [9.17, 15) is 9.59 Å². The van der Waals surface area contributed by atoms with Crippen molar-refractivity contribution in [3.63, 3.8) is 0 Å². The molecule has 72 valence electrons. The molecular weight excluding hydrogens is 172 g/mol. The van der Waals surface area contributed by atoms with E-state index >= 15 is 0 Å². The SMILES string of the molecule is O=C(O)[C@H]1NCCN2C(=O)CC[C@@H]12. The summed E-state index contributed by atoms with van der Waals surface area (Å²) in [5.41, 5.74) is 0. The van der Waals surface area contributed by atoms with Crippen molar-refractivity contribution in [1.29, 1.82) is 0 Å². The molecule has 1 amide bonds. The number of carbonyl (C=O) groups excluding carboxylic acids is 1. The van der Waals surface area contributed by atoms with Crippen LogP contribution in [0.5, 0.6) is 0 Å². The first-order valence-electron chi connectivity index (χ1n) is 4.46. The quantitative estimate of drug-likeness (QED) is 0.550. The Morgan fingerprint density at radius 1 is 1.62 bits per heavy atom. The highest BCUT2D eigenvalue weighted by Crippen LogP contribution is 2.23. The van der Waals surface area contributed by atoms with E-state index in [1.807, 2.05) is 0 Å². The maximum atomic E-state index is 11.3. The third-order valence-corrected chi connectivity index (χ3v) is 2.74. The number of hydrogen-bond donors (Lipinski definition) is 2. The minimum Gasteiger partial charge on any atom is -0.480 e. The van der Waals surface area contributed by atoms with Gasteiger partial charge in [-0.3, -0.25) is 9.59 Å². The molecule has 2 rings (SSSR count). The number of nitrogens with zero attached hydrogens (tertiary/aromatic N) is 1. The molecule has 0 radical (unpaired) electrons. The van der Waals surface area contributed by atoms with Gasteiger partial charge in [0.05, 0.1) is 6.04 Å². The van der Waals surface area contributed by atoms with Crippen molar-refractivity contribution in [2.24, 2.45) is 0 Å². The standard InChI is InChI=1S/C8H12N2O3/c11-6-2-1-5-7(8(12)13)9-3-4-10(5)6/h5,7,9H,1-4H2,(H,12,13)/t5-,7-/m0/s1. The Morgan fingerprint density at radius 3 is 3.08 bits per heavy atom. The third-order valence-electron chi connectivity index (χ3n) is 2.74. The fourth-order valence-corrected chi connectivity index (χ4v) is 2.12. The molecule has 0 spiro atoms. The molecule has 5 heteroatoms. The molecule has 0 aromatic heterocycles. The van der Waals surface area contributed by atoms with Crippen LogP contribution in [0.25, 0.3) is 0 Å². The maximum Gasteiger partial charge on any atom is 0.322 e. The van der Waals surface area contributed by atoms with Crippen molar-refractivity contribution in [2.75, 3.05) is 13.1 Å². The van der Waals surface area contributed by atoms with Crippen molar-refractivity contribution in [1.82, 2.24) is 10.2 Å². The number of carboxylic acids is 1. The van der Waals surface area contributed by atoms with E-state index in [4.69, 9.17) is 5.11 Å². The van der Waals surface area contributed by atoms with E-state index in [2.05, 4.69) is 5.32 Å². The van der Waals surface area contributed by atoms with Crippen LogP contribution >= 0.6 is 0 Å². The number of aliphatic carboxylic acids is 1. The topological polar surface area (TPSA) is 69.6 Å². The Balaban J connectivity index is 2.16. The third kappa shape index (κ3) is 1.29. The molecule has 5 nitrogen and oxygen atoms in total. The molecule has 2 N–H and O–H groups in total. The smallest absolute Gasteiger partial charge is 0.322 e. The highest BCUT2D eigenvalue weighted by molar-refractivity contribution is 5.82. The zero-order valence-electron chi connectivity index (χ0n) is 7.19. The monoisotopic (exact) mass is 184 g/mol. The second kappa shape index (κ2) is 2.99. The predicted octanol–water partition coefficient (Wildman–Crippen LogP) is -0.966. The van der Waals surface area contributed by atoms with Crippen LogP contribution in [-0.4, -0.2) is 47.1 Å². The molecule has 2 saturated heterocycles. The van der Waals surface area contributed by atoms with Gasteiger partial charge < -0.3 is 15.3 Å². The molecule has 0 aromatic rings. The van der Waals surface area contributed by atoms with Gasteiger partial charge in [-0.1, -0.05) is 0 Å². The Labute approximate surface area is 75.7 Å². The van der Waals surface area contributed by atoms with Crippen molar-refractivity contribution in [2.45, 2.75) is 24.9 Å². The molecule has 0 unspecified atom stereocenters. The molecule has 13 heavy (non-hydrogen) atoms. The first kappa shape index (κ1) is 8.50. The fourth-order valence-electron chi connectivity index (χ4n) is 2.12. The number of carboxylic acid groups (broad SMARTS) is 1. The van der Waals surface area contributed by atoms with E-state index in [0.29, 0.717) is 25.9 Å². The van der Waals surface area contributed by atoms with Crippen molar-refractivity contribution >= 4 is 11.9 Å². The number of hydrogen-bond acceptors (Lipinski definition) is 3. The summed E-state index contributed by atoms with van der Waals surface area (Å²) in [7, 11) is 0. The molecule has 0 aliphatic carbocycles. The van der Waals surface area contributed by atoms with Crippen LogP contribution in [0.3, 0.4) is 0 Å². The van der Waals surface area contributed by atoms with E-state index in [-0.39, 0.29) is 11.9 Å². The molecule has 0 saturated carbocycles. The van der Waals surface area contributed by atoms with Crippen LogP contribution in [0.1, 0.15) is 12.8 Å². The predicted molar refractivity (Wildman–Crippen MR) is 44.2 cm³/mol. The maximum absolute atomic E-state index is 11.3. The van der Waals surface area contributed by atoms with Crippen LogP contribution in [0.4, 0.5) is 0 Å². The van der Waals surface area contributed by atoms with Crippen molar-refractivity contribution in [3.05, 3.63) is 0 Å². The van der Waals surface area contributed by atoms with Gasteiger partial charge in [0.15, 0.2) is 0 Å². The van der Waals surface area contributed by atoms with Gasteiger partial charge in [0.1, 0.15) is 6.04 Å². The van der Waals surface area contributed by atoms with Crippen molar-refractivity contribution < 1.29 is 14.7 Å². The lowest BCUT2D eigenvalue weighted by atomic mass is 10.0. The van der Waals surface area contributed by atoms with Crippen LogP contribution in [0, 0.1) is 0 Å². The van der Waals surface area contributed by atoms with Crippen LogP contribution in [-0.2, 0) is 9.59 Å². The van der Waals surface area contributed by atoms with Crippen LogP contribution in [0.2, 0.25) is 0 Å². The first-order valence-corrected chi connectivity index (χ1v) is 4.46. The van der Waals surface area contributed by atoms with E-state index in [1.54, 1.807) is 4.90 Å². The second-order valence-electron chi connectivity index (χ2n) is 3.46. The number of carbonyl (C=O) groups is 2. The highest BCUT2D eigenvalue weighted by Gasteiger charge is 2.41. The lowest BCUT2D eigenvalue weighted by Crippen LogP contribution is -2.59. The Morgan fingerprint density at radius 2 is 2.38 bits per heavy atom. The Bertz CT molecular complexity index is 254. The summed E-state index contributed by atoms with van der Waals surface area (Å²) in [6, 6.07) is -0.695. The summed E-state index contributed by atoms with van der Waals surface area (Å²) >= 11 is 0. The summed E-state index contributed by atoms with van der Waals surface area (Å²) in [4.78, 5) is 23.8. The minimum atomic E-state index is -0.857. The molecule has 0 bridgehead atoms. The second-order valence-corrected chi connectivity index (χ2v) is 3.46. The van der Waals surface area contributed by atoms with Crippen LogP contribution < -0.4 is 5.32 Å². The lowest BCUT2D eigenvalue weighted by molar-refractivity contribution is -0.143. The number of rotatable bonds is 1. The van der Waals surface area contributed by atoms with Gasteiger partial charge in [-0.2, -0.15) is 0 Å². The van der Waals surface area contributed by atoms with E-state index in [0.717, 1.165) is 0 Å². The molecule has 2 atom stereocenters. The number of amides is 1. The molecule has 0 aromatic carbocycles. The summed E-state index contributed by atoms with van der Waals surface area (Å²) in [6.07, 6.45) is 1.17. The molecular formula is C8H12N2O3. The summed E-state index contributed by atoms with van der Waals surface area (Å²) in [5.74, 6) is -0.762. The van der Waals surface area contributed by atoms with Gasteiger partial charge >= 0.3 is 5.97 Å². The normalized spacial score (nSPS) is 33.2. The molecule has 2 aliphatic rings. The van der Waals surface area contributed by atoms with Gasteiger partial charge in [0.2, 0.25) is 5.91 Å². The zero-order chi connectivity index (χ0) is 9.42. The first-order chi connectivity index (χ1) is 6.20. The number of piperazine rings is 1. The fraction of sp³-hybridized carbons (Fsp3) is 0.750. The van der Waals surface area contributed by atoms with Gasteiger partial charge in [-0.05, 0) is 6.42 Å². The Kier molecular flexibility index (Phi) is 1.95. The molecule has 2 heterocycles. The Hall–Kier alpha value is -1.10. The highest BCUT2D eigenvalue weighted by atomic mass is 16.4. The van der Waals surface area contributed by atoms with E-state index in [1.165, 1.54) is 0 Å². The van der Waals surface area contributed by atoms with Crippen molar-refractivity contribution in [3.8, 4) is 0 Å². The largest absolute Gasteiger partial charge is 0.480 e. The summed E-state index contributed by atoms with van der Waals surface area (Å²) in [6.45, 7) is 1.23. The average molecular weight is 184 g/mol. The molecule has 2 fully saturated rings. The minimum absolute atomic E-state index is 0.0951. The number of nitrogens with one attached hydrogen (secondary N) is 1. The number of fused-ring (bicyclic) bond motifs is 1. The van der Waals surface area contributed by atoms with Gasteiger partial charge in [-0.25, -0.2) is 0 Å². The average Bonchev–Trinajstić information content (AvgIpc) is 2.48.